The maximum Gasteiger partial charge on any atom is 0.132 e. The van der Waals surface area contributed by atoms with Crippen molar-refractivity contribution in [3.63, 3.8) is 0 Å². The fourth-order valence-electron chi connectivity index (χ4n) is 2.11. The first-order chi connectivity index (χ1) is 10.1. The second kappa shape index (κ2) is 7.48. The third-order valence-corrected chi connectivity index (χ3v) is 3.53. The molecule has 2 aromatic rings. The van der Waals surface area contributed by atoms with Gasteiger partial charge in [-0.1, -0.05) is 50.6 Å². The molecule has 0 fully saturated rings. The van der Waals surface area contributed by atoms with Crippen LogP contribution in [0.5, 0.6) is 11.5 Å². The summed E-state index contributed by atoms with van der Waals surface area (Å²) in [6, 6.07) is 14.3. The van der Waals surface area contributed by atoms with E-state index in [0.717, 1.165) is 35.1 Å². The zero-order chi connectivity index (χ0) is 15.2. The summed E-state index contributed by atoms with van der Waals surface area (Å²) in [5.41, 5.74) is 2.28. The highest BCUT2D eigenvalue weighted by molar-refractivity contribution is 6.30. The monoisotopic (exact) mass is 303 g/mol. The van der Waals surface area contributed by atoms with Crippen molar-refractivity contribution in [1.82, 2.24) is 5.32 Å². The van der Waals surface area contributed by atoms with Crippen LogP contribution in [-0.4, -0.2) is 6.04 Å². The number of ether oxygens (including phenoxy) is 1. The Hall–Kier alpha value is -1.51. The van der Waals surface area contributed by atoms with Crippen LogP contribution in [-0.2, 0) is 13.0 Å². The van der Waals surface area contributed by atoms with Gasteiger partial charge in [-0.05, 0) is 36.2 Å². The number of nitrogens with one attached hydrogen (secondary N) is 1. The predicted molar refractivity (Wildman–Crippen MR) is 89.3 cm³/mol. The van der Waals surface area contributed by atoms with E-state index in [1.165, 1.54) is 5.56 Å². The smallest absolute Gasteiger partial charge is 0.132 e. The molecule has 0 aliphatic heterocycles. The summed E-state index contributed by atoms with van der Waals surface area (Å²) in [5, 5.41) is 4.13. The lowest BCUT2D eigenvalue weighted by Gasteiger charge is -2.15. The van der Waals surface area contributed by atoms with Crippen LogP contribution >= 0.6 is 11.6 Å². The molecule has 0 aliphatic rings. The lowest BCUT2D eigenvalue weighted by molar-refractivity contribution is 0.464. The van der Waals surface area contributed by atoms with E-state index >= 15 is 0 Å². The number of hydrogen-bond donors (Lipinski definition) is 1. The summed E-state index contributed by atoms with van der Waals surface area (Å²) in [6.07, 6.45) is 0.948. The Morgan fingerprint density at radius 3 is 2.48 bits per heavy atom. The number of halogens is 1. The molecule has 0 saturated heterocycles. The van der Waals surface area contributed by atoms with Gasteiger partial charge in [-0.15, -0.1) is 0 Å². The first-order valence-electron chi connectivity index (χ1n) is 7.37. The molecule has 0 atom stereocenters. The second-order valence-electron chi connectivity index (χ2n) is 5.35. The Morgan fingerprint density at radius 2 is 1.76 bits per heavy atom. The average Bonchev–Trinajstić information content (AvgIpc) is 2.48. The van der Waals surface area contributed by atoms with Gasteiger partial charge in [-0.2, -0.15) is 0 Å². The summed E-state index contributed by atoms with van der Waals surface area (Å²) in [6.45, 7) is 7.11. The van der Waals surface area contributed by atoms with Crippen molar-refractivity contribution in [2.45, 2.75) is 39.8 Å². The molecule has 0 amide bonds. The minimum atomic E-state index is 0.416. The van der Waals surface area contributed by atoms with Crippen LogP contribution in [0.3, 0.4) is 0 Å². The molecule has 0 spiro atoms. The summed E-state index contributed by atoms with van der Waals surface area (Å²) in [5.74, 6) is 1.77. The summed E-state index contributed by atoms with van der Waals surface area (Å²) in [4.78, 5) is 0. The van der Waals surface area contributed by atoms with Crippen molar-refractivity contribution in [3.05, 3.63) is 58.6 Å². The quantitative estimate of drug-likeness (QED) is 0.792. The van der Waals surface area contributed by atoms with Crippen LogP contribution in [0, 0.1) is 0 Å². The fraction of sp³-hybridized carbons (Fsp3) is 0.333. The van der Waals surface area contributed by atoms with Gasteiger partial charge in [-0.25, -0.2) is 0 Å². The Kier molecular flexibility index (Phi) is 5.66. The molecule has 2 rings (SSSR count). The number of aryl methyl sites for hydroxylation is 1. The second-order valence-corrected chi connectivity index (χ2v) is 5.79. The van der Waals surface area contributed by atoms with Crippen LogP contribution < -0.4 is 10.1 Å². The Labute approximate surface area is 132 Å². The van der Waals surface area contributed by atoms with Crippen molar-refractivity contribution >= 4 is 11.6 Å². The molecule has 112 valence electrons. The molecule has 0 unspecified atom stereocenters. The Bertz CT molecular complexity index is 596. The minimum Gasteiger partial charge on any atom is -0.457 e. The van der Waals surface area contributed by atoms with E-state index in [4.69, 9.17) is 16.3 Å². The van der Waals surface area contributed by atoms with E-state index in [9.17, 15) is 0 Å². The van der Waals surface area contributed by atoms with Crippen molar-refractivity contribution < 1.29 is 4.74 Å². The molecule has 0 heterocycles. The van der Waals surface area contributed by atoms with Crippen molar-refractivity contribution in [2.24, 2.45) is 0 Å². The van der Waals surface area contributed by atoms with Crippen molar-refractivity contribution in [2.75, 3.05) is 0 Å². The Morgan fingerprint density at radius 1 is 1.05 bits per heavy atom. The maximum absolute atomic E-state index is 6.12. The molecular weight excluding hydrogens is 282 g/mol. The predicted octanol–water partition coefficient (Wildman–Crippen LogP) is 5.19. The van der Waals surface area contributed by atoms with E-state index in [-0.39, 0.29) is 0 Å². The van der Waals surface area contributed by atoms with Crippen LogP contribution in [0.2, 0.25) is 5.02 Å². The molecule has 2 aromatic carbocycles. The summed E-state index contributed by atoms with van der Waals surface area (Å²) >= 11 is 6.11. The molecule has 0 bridgehead atoms. The lowest BCUT2D eigenvalue weighted by atomic mass is 10.1. The normalized spacial score (nSPS) is 10.9. The molecular formula is C18H22ClNO. The van der Waals surface area contributed by atoms with E-state index in [2.05, 4.69) is 32.2 Å². The average molecular weight is 304 g/mol. The summed E-state index contributed by atoms with van der Waals surface area (Å²) < 4.78 is 6.12. The number of para-hydroxylation sites is 1. The SMILES string of the molecule is CCc1ccccc1Oc1ccc(Cl)cc1CNC(C)C. The third kappa shape index (κ3) is 4.48. The highest BCUT2D eigenvalue weighted by Gasteiger charge is 2.09. The van der Waals surface area contributed by atoms with Crippen LogP contribution in [0.1, 0.15) is 31.9 Å². The molecule has 0 aromatic heterocycles. The highest BCUT2D eigenvalue weighted by atomic mass is 35.5. The zero-order valence-corrected chi connectivity index (χ0v) is 13.6. The van der Waals surface area contributed by atoms with Gasteiger partial charge in [0.15, 0.2) is 0 Å². The molecule has 3 heteroatoms. The van der Waals surface area contributed by atoms with Crippen LogP contribution in [0.4, 0.5) is 0 Å². The van der Waals surface area contributed by atoms with E-state index in [1.807, 2.05) is 36.4 Å². The molecule has 1 N–H and O–H groups in total. The van der Waals surface area contributed by atoms with E-state index in [1.54, 1.807) is 0 Å². The van der Waals surface area contributed by atoms with Crippen molar-refractivity contribution in [3.8, 4) is 11.5 Å². The maximum atomic E-state index is 6.12. The molecule has 2 nitrogen and oxygen atoms in total. The van der Waals surface area contributed by atoms with Gasteiger partial charge in [0.2, 0.25) is 0 Å². The van der Waals surface area contributed by atoms with Gasteiger partial charge in [0, 0.05) is 23.2 Å². The van der Waals surface area contributed by atoms with Gasteiger partial charge >= 0.3 is 0 Å². The number of hydrogen-bond acceptors (Lipinski definition) is 2. The van der Waals surface area contributed by atoms with Gasteiger partial charge in [0.05, 0.1) is 0 Å². The topological polar surface area (TPSA) is 21.3 Å². The molecule has 0 saturated carbocycles. The van der Waals surface area contributed by atoms with Gasteiger partial charge < -0.3 is 10.1 Å². The standard InChI is InChI=1S/C18H22ClNO/c1-4-14-7-5-6-8-17(14)21-18-10-9-16(19)11-15(18)12-20-13(2)3/h5-11,13,20H,4,12H2,1-3H3. The summed E-state index contributed by atoms with van der Waals surface area (Å²) in [7, 11) is 0. The lowest BCUT2D eigenvalue weighted by Crippen LogP contribution is -2.22. The zero-order valence-electron chi connectivity index (χ0n) is 12.8. The van der Waals surface area contributed by atoms with E-state index in [0.29, 0.717) is 6.04 Å². The van der Waals surface area contributed by atoms with Crippen LogP contribution in [0.15, 0.2) is 42.5 Å². The third-order valence-electron chi connectivity index (χ3n) is 3.30. The Balaban J connectivity index is 2.26. The highest BCUT2D eigenvalue weighted by Crippen LogP contribution is 2.30. The van der Waals surface area contributed by atoms with E-state index < -0.39 is 0 Å². The van der Waals surface area contributed by atoms with Gasteiger partial charge in [0.25, 0.3) is 0 Å². The molecule has 0 aliphatic carbocycles. The first-order valence-corrected chi connectivity index (χ1v) is 7.75. The van der Waals surface area contributed by atoms with Crippen molar-refractivity contribution in [1.29, 1.82) is 0 Å². The fourth-order valence-corrected chi connectivity index (χ4v) is 2.31. The molecule has 0 radical (unpaired) electrons. The number of rotatable bonds is 6. The van der Waals surface area contributed by atoms with Gasteiger partial charge in [0.1, 0.15) is 11.5 Å². The molecule has 21 heavy (non-hydrogen) atoms. The minimum absolute atomic E-state index is 0.416. The first kappa shape index (κ1) is 15.9. The largest absolute Gasteiger partial charge is 0.457 e. The number of benzene rings is 2. The van der Waals surface area contributed by atoms with Crippen LogP contribution in [0.25, 0.3) is 0 Å². The van der Waals surface area contributed by atoms with Gasteiger partial charge in [-0.3, -0.25) is 0 Å².